The lowest BCUT2D eigenvalue weighted by Crippen LogP contribution is -1.78. The predicted molar refractivity (Wildman–Crippen MR) is 59.1 cm³/mol. The summed E-state index contributed by atoms with van der Waals surface area (Å²) in [4.78, 5) is 1.05. The molecular formula is C11H10O2S. The van der Waals surface area contributed by atoms with E-state index in [1.165, 1.54) is 0 Å². The summed E-state index contributed by atoms with van der Waals surface area (Å²) in [6.45, 7) is 0. The minimum absolute atomic E-state index is 0.221. The van der Waals surface area contributed by atoms with Crippen molar-refractivity contribution < 1.29 is 10.2 Å². The van der Waals surface area contributed by atoms with Crippen molar-refractivity contribution >= 4 is 22.5 Å². The van der Waals surface area contributed by atoms with Crippen molar-refractivity contribution in [3.8, 4) is 11.5 Å². The summed E-state index contributed by atoms with van der Waals surface area (Å²) in [7, 11) is 0. The van der Waals surface area contributed by atoms with E-state index in [0.717, 1.165) is 15.7 Å². The van der Waals surface area contributed by atoms with Crippen LogP contribution in [0.4, 0.5) is 0 Å². The number of thioether (sulfide) groups is 1. The second-order valence-corrected chi connectivity index (χ2v) is 3.86. The van der Waals surface area contributed by atoms with Gasteiger partial charge in [-0.2, -0.15) is 0 Å². The van der Waals surface area contributed by atoms with Crippen LogP contribution in [0.2, 0.25) is 0 Å². The molecule has 2 nitrogen and oxygen atoms in total. The second kappa shape index (κ2) is 3.42. The summed E-state index contributed by atoms with van der Waals surface area (Å²) in [5, 5.41) is 20.6. The van der Waals surface area contributed by atoms with E-state index in [1.807, 2.05) is 12.3 Å². The number of phenolic OH excluding ortho intramolecular Hbond substituents is 2. The first kappa shape index (κ1) is 9.21. The molecule has 0 spiro atoms. The molecule has 0 unspecified atom stereocenters. The minimum atomic E-state index is 0.221. The van der Waals surface area contributed by atoms with Gasteiger partial charge in [0.1, 0.15) is 11.5 Å². The van der Waals surface area contributed by atoms with Crippen molar-refractivity contribution in [1.82, 2.24) is 0 Å². The molecule has 0 aliphatic carbocycles. The first-order valence-electron chi connectivity index (χ1n) is 4.21. The van der Waals surface area contributed by atoms with Gasteiger partial charge in [-0.1, -0.05) is 0 Å². The number of phenols is 2. The highest BCUT2D eigenvalue weighted by atomic mass is 32.2. The van der Waals surface area contributed by atoms with Gasteiger partial charge in [0.25, 0.3) is 0 Å². The predicted octanol–water partition coefficient (Wildman–Crippen LogP) is 2.97. The van der Waals surface area contributed by atoms with Crippen LogP contribution in [0.1, 0.15) is 0 Å². The molecule has 72 valence electrons. The van der Waals surface area contributed by atoms with Gasteiger partial charge >= 0.3 is 0 Å². The van der Waals surface area contributed by atoms with Gasteiger partial charge in [-0.25, -0.2) is 0 Å². The van der Waals surface area contributed by atoms with E-state index >= 15 is 0 Å². The van der Waals surface area contributed by atoms with E-state index in [9.17, 15) is 10.2 Å². The maximum absolute atomic E-state index is 9.59. The Hall–Kier alpha value is -1.35. The number of hydrogen-bond acceptors (Lipinski definition) is 3. The third-order valence-corrected chi connectivity index (χ3v) is 2.95. The molecule has 0 saturated heterocycles. The third-order valence-electron chi connectivity index (χ3n) is 2.16. The highest BCUT2D eigenvalue weighted by Crippen LogP contribution is 2.34. The fourth-order valence-corrected chi connectivity index (χ4v) is 2.06. The van der Waals surface area contributed by atoms with Crippen LogP contribution >= 0.6 is 11.8 Å². The number of fused-ring (bicyclic) bond motifs is 1. The first-order chi connectivity index (χ1) is 6.72. The lowest BCUT2D eigenvalue weighted by Gasteiger charge is -2.05. The Morgan fingerprint density at radius 1 is 1.00 bits per heavy atom. The van der Waals surface area contributed by atoms with Crippen LogP contribution in [0, 0.1) is 0 Å². The number of hydrogen-bond donors (Lipinski definition) is 2. The molecule has 2 rings (SSSR count). The zero-order chi connectivity index (χ0) is 10.1. The summed E-state index contributed by atoms with van der Waals surface area (Å²) in [5.74, 6) is 0.469. The second-order valence-electron chi connectivity index (χ2n) is 3.02. The fourth-order valence-electron chi connectivity index (χ4n) is 1.47. The summed E-state index contributed by atoms with van der Waals surface area (Å²) >= 11 is 1.59. The molecule has 0 radical (unpaired) electrons. The average molecular weight is 206 g/mol. The highest BCUT2D eigenvalue weighted by Gasteiger charge is 2.04. The topological polar surface area (TPSA) is 40.5 Å². The van der Waals surface area contributed by atoms with Crippen molar-refractivity contribution in [2.45, 2.75) is 4.90 Å². The summed E-state index contributed by atoms with van der Waals surface area (Å²) in [6.07, 6.45) is 1.97. The Morgan fingerprint density at radius 3 is 2.50 bits per heavy atom. The normalized spacial score (nSPS) is 10.6. The van der Waals surface area contributed by atoms with Gasteiger partial charge in [0.2, 0.25) is 0 Å². The molecule has 0 amide bonds. The smallest absolute Gasteiger partial charge is 0.123 e. The Balaban J connectivity index is 2.85. The summed E-state index contributed by atoms with van der Waals surface area (Å²) in [5.41, 5.74) is 0. The summed E-state index contributed by atoms with van der Waals surface area (Å²) in [6, 6.07) is 8.49. The average Bonchev–Trinajstić information content (AvgIpc) is 2.18. The molecule has 0 atom stereocenters. The van der Waals surface area contributed by atoms with Gasteiger partial charge in [0, 0.05) is 15.7 Å². The Kier molecular flexibility index (Phi) is 2.25. The van der Waals surface area contributed by atoms with E-state index in [1.54, 1.807) is 36.0 Å². The monoisotopic (exact) mass is 206 g/mol. The lowest BCUT2D eigenvalue weighted by molar-refractivity contribution is 0.475. The fraction of sp³-hybridized carbons (Fsp3) is 0.0909. The third kappa shape index (κ3) is 1.40. The van der Waals surface area contributed by atoms with Crippen molar-refractivity contribution in [2.75, 3.05) is 6.26 Å². The standard InChI is InChI=1S/C11H10O2S/c1-14-11-5-4-10(13)8-3-2-7(12)6-9(8)11/h2-6,12-13H,1H3. The lowest BCUT2D eigenvalue weighted by atomic mass is 10.1. The molecule has 0 bridgehead atoms. The zero-order valence-corrected chi connectivity index (χ0v) is 8.51. The first-order valence-corrected chi connectivity index (χ1v) is 5.43. The maximum atomic E-state index is 9.59. The van der Waals surface area contributed by atoms with E-state index < -0.39 is 0 Å². The molecule has 0 fully saturated rings. The van der Waals surface area contributed by atoms with Crippen molar-refractivity contribution in [3.05, 3.63) is 30.3 Å². The van der Waals surface area contributed by atoms with E-state index in [0.29, 0.717) is 0 Å². The van der Waals surface area contributed by atoms with Crippen molar-refractivity contribution in [2.24, 2.45) is 0 Å². The quantitative estimate of drug-likeness (QED) is 0.705. The van der Waals surface area contributed by atoms with E-state index in [4.69, 9.17) is 0 Å². The van der Waals surface area contributed by atoms with Crippen LogP contribution in [-0.4, -0.2) is 16.5 Å². The molecule has 2 aromatic rings. The van der Waals surface area contributed by atoms with Gasteiger partial charge in [-0.3, -0.25) is 0 Å². The summed E-state index contributed by atoms with van der Waals surface area (Å²) < 4.78 is 0. The van der Waals surface area contributed by atoms with Gasteiger partial charge in [0.15, 0.2) is 0 Å². The highest BCUT2D eigenvalue weighted by molar-refractivity contribution is 7.98. The van der Waals surface area contributed by atoms with Gasteiger partial charge in [0.05, 0.1) is 0 Å². The molecule has 0 saturated carbocycles. The molecule has 0 aromatic heterocycles. The Bertz CT molecular complexity index is 480. The van der Waals surface area contributed by atoms with Crippen molar-refractivity contribution in [1.29, 1.82) is 0 Å². The van der Waals surface area contributed by atoms with Crippen LogP contribution in [0.5, 0.6) is 11.5 Å². The van der Waals surface area contributed by atoms with Crippen LogP contribution in [0.3, 0.4) is 0 Å². The number of benzene rings is 2. The maximum Gasteiger partial charge on any atom is 0.123 e. The molecule has 0 heterocycles. The number of aromatic hydroxyl groups is 2. The molecule has 2 N–H and O–H groups in total. The van der Waals surface area contributed by atoms with Gasteiger partial charge in [-0.05, 0) is 36.6 Å². The molecule has 3 heteroatoms. The Labute approximate surface area is 86.2 Å². The zero-order valence-electron chi connectivity index (χ0n) is 7.69. The molecule has 0 aliphatic rings. The van der Waals surface area contributed by atoms with Crippen LogP contribution in [0.15, 0.2) is 35.2 Å². The number of rotatable bonds is 1. The largest absolute Gasteiger partial charge is 0.508 e. The van der Waals surface area contributed by atoms with Crippen LogP contribution in [-0.2, 0) is 0 Å². The molecular weight excluding hydrogens is 196 g/mol. The van der Waals surface area contributed by atoms with E-state index in [2.05, 4.69) is 0 Å². The van der Waals surface area contributed by atoms with Crippen LogP contribution in [0.25, 0.3) is 10.8 Å². The molecule has 14 heavy (non-hydrogen) atoms. The molecule has 2 aromatic carbocycles. The van der Waals surface area contributed by atoms with E-state index in [-0.39, 0.29) is 11.5 Å². The molecule has 0 aliphatic heterocycles. The minimum Gasteiger partial charge on any atom is -0.508 e. The Morgan fingerprint density at radius 2 is 1.79 bits per heavy atom. The van der Waals surface area contributed by atoms with Gasteiger partial charge < -0.3 is 10.2 Å². The van der Waals surface area contributed by atoms with Crippen molar-refractivity contribution in [3.63, 3.8) is 0 Å². The SMILES string of the molecule is CSc1ccc(O)c2ccc(O)cc12. The van der Waals surface area contributed by atoms with Crippen LogP contribution < -0.4 is 0 Å². The van der Waals surface area contributed by atoms with Gasteiger partial charge in [-0.15, -0.1) is 11.8 Å².